The third-order valence-corrected chi connectivity index (χ3v) is 9.08. The van der Waals surface area contributed by atoms with Crippen molar-refractivity contribution >= 4 is 104 Å². The van der Waals surface area contributed by atoms with Gasteiger partial charge in [0.2, 0.25) is 11.8 Å². The highest BCUT2D eigenvalue weighted by atomic mass is 35.5. The van der Waals surface area contributed by atoms with Crippen LogP contribution in [0.15, 0.2) is 59.6 Å². The van der Waals surface area contributed by atoms with E-state index in [9.17, 15) is 9.59 Å². The van der Waals surface area contributed by atoms with Crippen molar-refractivity contribution in [3.05, 3.63) is 79.7 Å². The highest BCUT2D eigenvalue weighted by Gasteiger charge is 2.36. The van der Waals surface area contributed by atoms with Crippen molar-refractivity contribution < 1.29 is 14.3 Å². The van der Waals surface area contributed by atoms with Crippen molar-refractivity contribution in [2.75, 3.05) is 30.8 Å². The lowest BCUT2D eigenvalue weighted by Gasteiger charge is -2.32. The number of rotatable bonds is 8. The van der Waals surface area contributed by atoms with Crippen LogP contribution in [0.3, 0.4) is 0 Å². The Hall–Kier alpha value is -2.33. The number of nitrogens with zero attached hydrogens (tertiary/aromatic N) is 2. The largest absolute Gasteiger partial charge is 0.497 e. The number of methoxy groups -OCH3 is 1. The standard InChI is InChI=1S/C26H21Cl5N4O3S/c1-38-16-9-7-15(8-10-16)33-25(37)17-13-18(36)35(26(39-17)34-14-5-3-2-4-6-14)12-11-32-24-22(30)20(28)19(27)21(29)23(24)31/h2-10,17,32H,11-13H2,1H3,(H,33,37)/t17-/m1/s1. The Labute approximate surface area is 254 Å². The zero-order chi connectivity index (χ0) is 28.1. The summed E-state index contributed by atoms with van der Waals surface area (Å²) >= 11 is 32.2. The van der Waals surface area contributed by atoms with Gasteiger partial charge in [-0.1, -0.05) is 88.0 Å². The molecule has 2 N–H and O–H groups in total. The molecule has 1 fully saturated rings. The van der Waals surface area contributed by atoms with Crippen molar-refractivity contribution in [3.63, 3.8) is 0 Å². The Morgan fingerprint density at radius 2 is 1.59 bits per heavy atom. The fraction of sp³-hybridized carbons (Fsp3) is 0.192. The molecule has 1 heterocycles. The molecule has 4 rings (SSSR count). The van der Waals surface area contributed by atoms with Crippen LogP contribution >= 0.6 is 69.8 Å². The summed E-state index contributed by atoms with van der Waals surface area (Å²) in [6.07, 6.45) is -0.0133. The average molecular weight is 647 g/mol. The van der Waals surface area contributed by atoms with E-state index in [0.29, 0.717) is 28.0 Å². The van der Waals surface area contributed by atoms with Gasteiger partial charge in [-0.05, 0) is 36.4 Å². The molecule has 0 saturated carbocycles. The van der Waals surface area contributed by atoms with E-state index in [1.165, 1.54) is 16.7 Å². The van der Waals surface area contributed by atoms with Gasteiger partial charge in [-0.15, -0.1) is 0 Å². The third kappa shape index (κ3) is 7.06. The Kier molecular flexibility index (Phi) is 10.1. The zero-order valence-electron chi connectivity index (χ0n) is 20.3. The topological polar surface area (TPSA) is 83.0 Å². The number of amides is 2. The third-order valence-electron chi connectivity index (χ3n) is 5.62. The number of ether oxygens (including phenoxy) is 1. The number of hydrogen-bond acceptors (Lipinski definition) is 6. The first-order valence-electron chi connectivity index (χ1n) is 11.5. The van der Waals surface area contributed by atoms with E-state index in [1.54, 1.807) is 31.4 Å². The maximum Gasteiger partial charge on any atom is 0.238 e. The molecular weight excluding hydrogens is 626 g/mol. The molecule has 1 aliphatic rings. The van der Waals surface area contributed by atoms with Crippen LogP contribution in [0, 0.1) is 0 Å². The van der Waals surface area contributed by atoms with E-state index in [4.69, 9.17) is 62.7 Å². The number of hydrogen-bond donors (Lipinski definition) is 2. The van der Waals surface area contributed by atoms with Crippen molar-refractivity contribution in [3.8, 4) is 5.75 Å². The van der Waals surface area contributed by atoms with E-state index in [-0.39, 0.29) is 56.4 Å². The molecule has 0 bridgehead atoms. The summed E-state index contributed by atoms with van der Waals surface area (Å²) in [6, 6.07) is 16.1. The van der Waals surface area contributed by atoms with Gasteiger partial charge in [-0.25, -0.2) is 4.99 Å². The maximum absolute atomic E-state index is 13.3. The quantitative estimate of drug-likeness (QED) is 0.191. The summed E-state index contributed by atoms with van der Waals surface area (Å²) in [5, 5.41) is 6.06. The molecule has 1 saturated heterocycles. The van der Waals surface area contributed by atoms with Crippen LogP contribution in [0.1, 0.15) is 6.42 Å². The number of benzene rings is 3. The van der Waals surface area contributed by atoms with Crippen molar-refractivity contribution in [2.24, 2.45) is 4.99 Å². The second-order valence-electron chi connectivity index (χ2n) is 8.18. The monoisotopic (exact) mass is 644 g/mol. The Morgan fingerprint density at radius 1 is 0.974 bits per heavy atom. The number of para-hydroxylation sites is 1. The second kappa shape index (κ2) is 13.4. The summed E-state index contributed by atoms with van der Waals surface area (Å²) in [5.41, 5.74) is 1.54. The van der Waals surface area contributed by atoms with Gasteiger partial charge in [0.25, 0.3) is 0 Å². The lowest BCUT2D eigenvalue weighted by atomic mass is 10.2. The highest BCUT2D eigenvalue weighted by molar-refractivity contribution is 8.15. The van der Waals surface area contributed by atoms with Gasteiger partial charge < -0.3 is 15.4 Å². The fourth-order valence-electron chi connectivity index (χ4n) is 3.62. The van der Waals surface area contributed by atoms with Gasteiger partial charge in [0.1, 0.15) is 11.0 Å². The highest BCUT2D eigenvalue weighted by Crippen LogP contribution is 2.46. The Balaban J connectivity index is 1.52. The molecular formula is C26H21Cl5N4O3S. The van der Waals surface area contributed by atoms with E-state index in [0.717, 1.165) is 0 Å². The molecule has 0 aliphatic carbocycles. The molecule has 3 aromatic rings. The normalized spacial score (nSPS) is 16.4. The first kappa shape index (κ1) is 29.6. The predicted octanol–water partition coefficient (Wildman–Crippen LogP) is 8.03. The molecule has 1 aliphatic heterocycles. The minimum atomic E-state index is -0.677. The summed E-state index contributed by atoms with van der Waals surface area (Å²) in [5.74, 6) is 0.105. The molecule has 2 amide bonds. The van der Waals surface area contributed by atoms with Gasteiger partial charge in [0.15, 0.2) is 5.17 Å². The van der Waals surface area contributed by atoms with E-state index in [1.807, 2.05) is 30.3 Å². The van der Waals surface area contributed by atoms with E-state index in [2.05, 4.69) is 15.6 Å². The van der Waals surface area contributed by atoms with Gasteiger partial charge in [0, 0.05) is 25.2 Å². The van der Waals surface area contributed by atoms with Crippen molar-refractivity contribution in [1.82, 2.24) is 4.90 Å². The first-order chi connectivity index (χ1) is 18.7. The molecule has 0 unspecified atom stereocenters. The molecule has 0 spiro atoms. The van der Waals surface area contributed by atoms with Crippen molar-refractivity contribution in [2.45, 2.75) is 11.7 Å². The molecule has 39 heavy (non-hydrogen) atoms. The zero-order valence-corrected chi connectivity index (χ0v) is 24.9. The molecule has 13 heteroatoms. The molecule has 3 aromatic carbocycles. The van der Waals surface area contributed by atoms with Crippen LogP contribution in [-0.4, -0.2) is 47.3 Å². The Bertz CT molecular complexity index is 1380. The second-order valence-corrected chi connectivity index (χ2v) is 11.2. The number of carbonyl (C=O) groups is 2. The maximum atomic E-state index is 13.3. The number of halogens is 5. The molecule has 1 atom stereocenters. The van der Waals surface area contributed by atoms with Gasteiger partial charge in [0.05, 0.1) is 43.6 Å². The summed E-state index contributed by atoms with van der Waals surface area (Å²) in [4.78, 5) is 32.5. The number of carbonyl (C=O) groups excluding carboxylic acids is 2. The van der Waals surface area contributed by atoms with Crippen LogP contribution in [0.4, 0.5) is 17.1 Å². The van der Waals surface area contributed by atoms with Crippen molar-refractivity contribution in [1.29, 1.82) is 0 Å². The average Bonchev–Trinajstić information content (AvgIpc) is 2.94. The SMILES string of the molecule is COc1ccc(NC(=O)[C@H]2CC(=O)N(CCNc3c(Cl)c(Cl)c(Cl)c(Cl)c3Cl)C(=Nc3ccccc3)S2)cc1. The summed E-state index contributed by atoms with van der Waals surface area (Å²) < 4.78 is 5.16. The summed E-state index contributed by atoms with van der Waals surface area (Å²) in [7, 11) is 1.57. The number of anilines is 2. The van der Waals surface area contributed by atoms with Crippen LogP contribution in [0.2, 0.25) is 25.1 Å². The van der Waals surface area contributed by atoms with Gasteiger partial charge >= 0.3 is 0 Å². The summed E-state index contributed by atoms with van der Waals surface area (Å²) in [6.45, 7) is 0.436. The van der Waals surface area contributed by atoms with Crippen LogP contribution < -0.4 is 15.4 Å². The first-order valence-corrected chi connectivity index (χ1v) is 14.3. The number of aliphatic imine (C=N–C) groups is 1. The number of thioether (sulfide) groups is 1. The van der Waals surface area contributed by atoms with Crippen LogP contribution in [-0.2, 0) is 9.59 Å². The minimum Gasteiger partial charge on any atom is -0.497 e. The number of amidine groups is 1. The lowest BCUT2D eigenvalue weighted by Crippen LogP contribution is -2.46. The van der Waals surface area contributed by atoms with Gasteiger partial charge in [-0.2, -0.15) is 0 Å². The lowest BCUT2D eigenvalue weighted by molar-refractivity contribution is -0.129. The molecule has 7 nitrogen and oxygen atoms in total. The minimum absolute atomic E-state index is 0.0133. The van der Waals surface area contributed by atoms with Crippen LogP contribution in [0.25, 0.3) is 0 Å². The molecule has 0 aromatic heterocycles. The Morgan fingerprint density at radius 3 is 2.21 bits per heavy atom. The van der Waals surface area contributed by atoms with E-state index < -0.39 is 5.25 Å². The van der Waals surface area contributed by atoms with E-state index >= 15 is 0 Å². The van der Waals surface area contributed by atoms with Crippen LogP contribution in [0.5, 0.6) is 5.75 Å². The predicted molar refractivity (Wildman–Crippen MR) is 163 cm³/mol. The number of nitrogens with one attached hydrogen (secondary N) is 2. The smallest absolute Gasteiger partial charge is 0.238 e. The van der Waals surface area contributed by atoms with Gasteiger partial charge in [-0.3, -0.25) is 14.5 Å². The fourth-order valence-corrected chi connectivity index (χ4v) is 6.02. The molecule has 0 radical (unpaired) electrons. The molecule has 204 valence electrons.